The summed E-state index contributed by atoms with van der Waals surface area (Å²) < 4.78 is 15.2. The molecule has 0 fully saturated rings. The number of hydrogen-bond acceptors (Lipinski definition) is 8. The standard InChI is InChI=1S/C18H18BN3O5/c1-25-16-7-14-15(8-17(16)26-2)21-10-22-18(14)20-9-12-3-5-13(6-4-12)19(24)27-11-23/h3-8,10-11,24H,9H2,1-2H3,(H,20,21,22). The van der Waals surface area contributed by atoms with Crippen LogP contribution in [0.1, 0.15) is 5.56 Å². The van der Waals surface area contributed by atoms with Crippen LogP contribution in [0.3, 0.4) is 0 Å². The van der Waals surface area contributed by atoms with E-state index < -0.39 is 7.12 Å². The number of anilines is 1. The van der Waals surface area contributed by atoms with Crippen LogP contribution in [-0.4, -0.2) is 42.8 Å². The fraction of sp³-hybridized carbons (Fsp3) is 0.167. The lowest BCUT2D eigenvalue weighted by Gasteiger charge is -2.12. The molecule has 1 heterocycles. The average molecular weight is 367 g/mol. The molecule has 0 atom stereocenters. The second-order valence-electron chi connectivity index (χ2n) is 5.63. The summed E-state index contributed by atoms with van der Waals surface area (Å²) in [6, 6.07) is 10.7. The SMILES string of the molecule is COc1cc2ncnc(NCc3ccc(B(O)OC=O)cc3)c2cc1OC. The lowest BCUT2D eigenvalue weighted by molar-refractivity contribution is -0.121. The van der Waals surface area contributed by atoms with E-state index in [1.54, 1.807) is 32.4 Å². The first-order valence-corrected chi connectivity index (χ1v) is 8.13. The number of aromatic nitrogens is 2. The van der Waals surface area contributed by atoms with Crippen LogP contribution in [0, 0.1) is 0 Å². The zero-order valence-corrected chi connectivity index (χ0v) is 14.9. The highest BCUT2D eigenvalue weighted by atomic mass is 16.5. The summed E-state index contributed by atoms with van der Waals surface area (Å²) >= 11 is 0. The Morgan fingerprint density at radius 2 is 1.81 bits per heavy atom. The number of rotatable bonds is 8. The van der Waals surface area contributed by atoms with Crippen LogP contribution in [0.4, 0.5) is 5.82 Å². The molecule has 138 valence electrons. The number of fused-ring (bicyclic) bond motifs is 1. The average Bonchev–Trinajstić information content (AvgIpc) is 2.71. The summed E-state index contributed by atoms with van der Waals surface area (Å²) in [5.41, 5.74) is 2.19. The molecular formula is C18H18BN3O5. The van der Waals surface area contributed by atoms with E-state index in [-0.39, 0.29) is 6.47 Å². The summed E-state index contributed by atoms with van der Waals surface area (Å²) in [5.74, 6) is 1.85. The third-order valence-corrected chi connectivity index (χ3v) is 4.05. The van der Waals surface area contributed by atoms with Crippen LogP contribution in [-0.2, 0) is 16.0 Å². The summed E-state index contributed by atoms with van der Waals surface area (Å²) in [5, 5.41) is 13.7. The normalized spacial score (nSPS) is 10.3. The summed E-state index contributed by atoms with van der Waals surface area (Å²) in [6.45, 7) is 0.717. The van der Waals surface area contributed by atoms with Gasteiger partial charge in [0.2, 0.25) is 0 Å². The van der Waals surface area contributed by atoms with Crippen LogP contribution in [0.2, 0.25) is 0 Å². The van der Waals surface area contributed by atoms with Gasteiger partial charge < -0.3 is 24.5 Å². The Balaban J connectivity index is 1.79. The van der Waals surface area contributed by atoms with Crippen LogP contribution in [0.25, 0.3) is 10.9 Å². The van der Waals surface area contributed by atoms with E-state index in [9.17, 15) is 9.82 Å². The molecule has 0 aliphatic carbocycles. The predicted octanol–water partition coefficient (Wildman–Crippen LogP) is 1.12. The lowest BCUT2D eigenvalue weighted by Crippen LogP contribution is -2.33. The van der Waals surface area contributed by atoms with Crippen LogP contribution in [0.5, 0.6) is 11.5 Å². The van der Waals surface area contributed by atoms with Crippen LogP contribution >= 0.6 is 0 Å². The minimum atomic E-state index is -1.27. The number of nitrogens with one attached hydrogen (secondary N) is 1. The number of ether oxygens (including phenoxy) is 2. The number of carbonyl (C=O) groups excluding carboxylic acids is 1. The van der Waals surface area contributed by atoms with Crippen molar-refractivity contribution >= 4 is 35.8 Å². The van der Waals surface area contributed by atoms with Crippen molar-refractivity contribution in [3.8, 4) is 11.5 Å². The molecular weight excluding hydrogens is 349 g/mol. The van der Waals surface area contributed by atoms with Crippen LogP contribution < -0.4 is 20.3 Å². The van der Waals surface area contributed by atoms with E-state index in [1.165, 1.54) is 6.33 Å². The molecule has 3 rings (SSSR count). The Morgan fingerprint density at radius 1 is 1.11 bits per heavy atom. The van der Waals surface area contributed by atoms with Crippen molar-refractivity contribution in [2.75, 3.05) is 19.5 Å². The molecule has 0 saturated carbocycles. The third-order valence-electron chi connectivity index (χ3n) is 4.05. The Bertz CT molecular complexity index is 936. The number of methoxy groups -OCH3 is 2. The third kappa shape index (κ3) is 4.09. The first-order valence-electron chi connectivity index (χ1n) is 8.13. The molecule has 3 aromatic rings. The molecule has 0 bridgehead atoms. The first-order chi connectivity index (χ1) is 13.2. The maximum Gasteiger partial charge on any atom is 0.561 e. The highest BCUT2D eigenvalue weighted by Gasteiger charge is 2.17. The highest BCUT2D eigenvalue weighted by molar-refractivity contribution is 6.61. The minimum absolute atomic E-state index is 0.212. The molecule has 2 aromatic carbocycles. The topological polar surface area (TPSA) is 103 Å². The Labute approximate surface area is 156 Å². The highest BCUT2D eigenvalue weighted by Crippen LogP contribution is 2.33. The van der Waals surface area contributed by atoms with Gasteiger partial charge in [-0.15, -0.1) is 0 Å². The van der Waals surface area contributed by atoms with Gasteiger partial charge in [0.15, 0.2) is 11.5 Å². The first kappa shape index (κ1) is 18.5. The second-order valence-corrected chi connectivity index (χ2v) is 5.63. The summed E-state index contributed by atoms with van der Waals surface area (Å²) in [6.07, 6.45) is 1.48. The molecule has 1 aromatic heterocycles. The van der Waals surface area contributed by atoms with Gasteiger partial charge in [-0.2, -0.15) is 0 Å². The van der Waals surface area contributed by atoms with Crippen molar-refractivity contribution in [2.45, 2.75) is 6.54 Å². The van der Waals surface area contributed by atoms with Crippen molar-refractivity contribution in [3.63, 3.8) is 0 Å². The number of carbonyl (C=O) groups is 1. The molecule has 9 heteroatoms. The van der Waals surface area contributed by atoms with Gasteiger partial charge in [-0.05, 0) is 17.1 Å². The zero-order valence-electron chi connectivity index (χ0n) is 14.9. The minimum Gasteiger partial charge on any atom is -0.508 e. The molecule has 0 aliphatic heterocycles. The molecule has 0 amide bonds. The molecule has 0 unspecified atom stereocenters. The zero-order chi connectivity index (χ0) is 19.2. The number of nitrogens with zero attached hydrogens (tertiary/aromatic N) is 2. The van der Waals surface area contributed by atoms with Crippen molar-refractivity contribution < 1.29 is 23.9 Å². The van der Waals surface area contributed by atoms with Gasteiger partial charge in [-0.1, -0.05) is 24.3 Å². The Hall–Kier alpha value is -3.33. The fourth-order valence-electron chi connectivity index (χ4n) is 2.64. The van der Waals surface area contributed by atoms with Crippen molar-refractivity contribution in [2.24, 2.45) is 0 Å². The van der Waals surface area contributed by atoms with Crippen molar-refractivity contribution in [1.82, 2.24) is 9.97 Å². The monoisotopic (exact) mass is 367 g/mol. The van der Waals surface area contributed by atoms with Crippen LogP contribution in [0.15, 0.2) is 42.7 Å². The van der Waals surface area contributed by atoms with E-state index in [4.69, 9.17) is 9.47 Å². The predicted molar refractivity (Wildman–Crippen MR) is 101 cm³/mol. The number of benzene rings is 2. The van der Waals surface area contributed by atoms with E-state index in [1.807, 2.05) is 18.2 Å². The maximum absolute atomic E-state index is 10.3. The molecule has 0 spiro atoms. The van der Waals surface area contributed by atoms with Gasteiger partial charge in [0.05, 0.1) is 19.7 Å². The molecule has 0 radical (unpaired) electrons. The largest absolute Gasteiger partial charge is 0.561 e. The molecule has 27 heavy (non-hydrogen) atoms. The Morgan fingerprint density at radius 3 is 2.48 bits per heavy atom. The van der Waals surface area contributed by atoms with Gasteiger partial charge in [0.25, 0.3) is 6.47 Å². The van der Waals surface area contributed by atoms with E-state index in [0.717, 1.165) is 16.5 Å². The summed E-state index contributed by atoms with van der Waals surface area (Å²) in [4.78, 5) is 18.9. The molecule has 2 N–H and O–H groups in total. The molecule has 0 aliphatic rings. The van der Waals surface area contributed by atoms with Gasteiger partial charge in [-0.25, -0.2) is 9.97 Å². The summed E-state index contributed by atoms with van der Waals surface area (Å²) in [7, 11) is 1.88. The smallest absolute Gasteiger partial charge is 0.508 e. The van der Waals surface area contributed by atoms with Gasteiger partial charge in [0.1, 0.15) is 12.1 Å². The van der Waals surface area contributed by atoms with Crippen molar-refractivity contribution in [3.05, 3.63) is 48.3 Å². The Kier molecular flexibility index (Phi) is 5.72. The maximum atomic E-state index is 10.3. The molecule has 8 nitrogen and oxygen atoms in total. The van der Waals surface area contributed by atoms with Gasteiger partial charge in [0, 0.05) is 18.0 Å². The van der Waals surface area contributed by atoms with Gasteiger partial charge in [-0.3, -0.25) is 4.79 Å². The fourth-order valence-corrected chi connectivity index (χ4v) is 2.64. The van der Waals surface area contributed by atoms with E-state index >= 15 is 0 Å². The molecule has 0 saturated heterocycles. The second kappa shape index (κ2) is 8.37. The van der Waals surface area contributed by atoms with E-state index in [2.05, 4.69) is 19.9 Å². The number of hydrogen-bond donors (Lipinski definition) is 2. The van der Waals surface area contributed by atoms with Crippen molar-refractivity contribution in [1.29, 1.82) is 0 Å². The quantitative estimate of drug-likeness (QED) is 0.451. The van der Waals surface area contributed by atoms with E-state index in [0.29, 0.717) is 29.3 Å². The van der Waals surface area contributed by atoms with Gasteiger partial charge >= 0.3 is 7.12 Å². The lowest BCUT2D eigenvalue weighted by atomic mass is 9.79.